The van der Waals surface area contributed by atoms with E-state index < -0.39 is 11.7 Å². The normalized spacial score (nSPS) is 13.4. The van der Waals surface area contributed by atoms with Crippen LogP contribution in [0, 0.1) is 5.82 Å². The van der Waals surface area contributed by atoms with Crippen LogP contribution >= 0.6 is 0 Å². The molecule has 34 heavy (non-hydrogen) atoms. The Morgan fingerprint density at radius 3 is 2.15 bits per heavy atom. The van der Waals surface area contributed by atoms with Crippen LogP contribution in [0.4, 0.5) is 15.8 Å². The van der Waals surface area contributed by atoms with Crippen molar-refractivity contribution < 1.29 is 18.8 Å². The lowest BCUT2D eigenvalue weighted by Crippen LogP contribution is -2.34. The van der Waals surface area contributed by atoms with Crippen molar-refractivity contribution in [1.82, 2.24) is 20.2 Å². The molecule has 3 aromatic rings. The first kappa shape index (κ1) is 23.1. The van der Waals surface area contributed by atoms with Crippen molar-refractivity contribution in [1.29, 1.82) is 0 Å². The molecular formula is C24H25FN6O3. The van der Waals surface area contributed by atoms with Gasteiger partial charge in [-0.05, 0) is 74.5 Å². The summed E-state index contributed by atoms with van der Waals surface area (Å²) >= 11 is 0. The number of halogens is 1. The highest BCUT2D eigenvalue weighted by Gasteiger charge is 2.21. The van der Waals surface area contributed by atoms with Crippen LogP contribution in [0.15, 0.2) is 54.9 Å². The molecule has 0 bridgehead atoms. The van der Waals surface area contributed by atoms with Gasteiger partial charge in [-0.1, -0.05) is 0 Å². The van der Waals surface area contributed by atoms with Crippen LogP contribution in [-0.4, -0.2) is 58.8 Å². The van der Waals surface area contributed by atoms with Crippen molar-refractivity contribution in [2.75, 3.05) is 36.8 Å². The van der Waals surface area contributed by atoms with E-state index in [2.05, 4.69) is 30.8 Å². The van der Waals surface area contributed by atoms with E-state index >= 15 is 0 Å². The minimum Gasteiger partial charge on any atom is -0.349 e. The highest BCUT2D eigenvalue weighted by Crippen LogP contribution is 2.16. The highest BCUT2D eigenvalue weighted by atomic mass is 19.1. The highest BCUT2D eigenvalue weighted by molar-refractivity contribution is 6.10. The summed E-state index contributed by atoms with van der Waals surface area (Å²) in [7, 11) is 0. The van der Waals surface area contributed by atoms with Gasteiger partial charge in [0.15, 0.2) is 5.69 Å². The molecule has 1 fully saturated rings. The summed E-state index contributed by atoms with van der Waals surface area (Å²) in [5.74, 6) is -1.72. The topological polar surface area (TPSA) is 119 Å². The quantitative estimate of drug-likeness (QED) is 0.409. The van der Waals surface area contributed by atoms with Gasteiger partial charge in [-0.25, -0.2) is 9.37 Å². The Balaban J connectivity index is 1.31. The second kappa shape index (κ2) is 10.7. The Labute approximate surface area is 195 Å². The lowest BCUT2D eigenvalue weighted by Gasteiger charge is -2.14. The number of aromatic amines is 1. The number of aromatic nitrogens is 2. The Hall–Kier alpha value is -4.05. The molecule has 2 heterocycles. The number of anilines is 2. The summed E-state index contributed by atoms with van der Waals surface area (Å²) in [6, 6.07) is 11.7. The fraction of sp³-hybridized carbons (Fsp3) is 0.250. The smallest absolute Gasteiger partial charge is 0.276 e. The Kier molecular flexibility index (Phi) is 7.28. The van der Waals surface area contributed by atoms with Gasteiger partial charge in [0.1, 0.15) is 11.5 Å². The maximum Gasteiger partial charge on any atom is 0.276 e. The van der Waals surface area contributed by atoms with Crippen LogP contribution in [0.25, 0.3) is 0 Å². The number of carbonyl (C=O) groups excluding carboxylic acids is 3. The number of hydrogen-bond acceptors (Lipinski definition) is 5. The van der Waals surface area contributed by atoms with E-state index in [1.165, 1.54) is 43.4 Å². The van der Waals surface area contributed by atoms with E-state index in [0.717, 1.165) is 19.6 Å². The number of carbonyl (C=O) groups is 3. The molecule has 0 atom stereocenters. The number of nitrogens with zero attached hydrogens (tertiary/aromatic N) is 2. The Bertz CT molecular complexity index is 1150. The predicted molar refractivity (Wildman–Crippen MR) is 125 cm³/mol. The molecule has 0 spiro atoms. The number of H-pyrrole nitrogens is 1. The van der Waals surface area contributed by atoms with Crippen LogP contribution in [-0.2, 0) is 0 Å². The van der Waals surface area contributed by atoms with E-state index in [1.807, 2.05) is 0 Å². The molecule has 0 unspecified atom stereocenters. The Morgan fingerprint density at radius 2 is 1.50 bits per heavy atom. The van der Waals surface area contributed by atoms with E-state index in [1.54, 1.807) is 24.3 Å². The molecule has 0 radical (unpaired) electrons. The number of rotatable bonds is 8. The molecule has 4 rings (SSSR count). The van der Waals surface area contributed by atoms with Crippen LogP contribution in [0.5, 0.6) is 0 Å². The standard InChI is InChI=1S/C24H25FN6O3/c25-17-5-3-16(4-6-17)22(32)29-18-7-9-19(10-8-18)30-24(34)21-20(27-15-28-21)23(33)26-11-14-31-12-1-2-13-31/h3-10,15H,1-2,11-14H2,(H,26,33)(H,27,28)(H,29,32)(H,30,34). The third-order valence-corrected chi connectivity index (χ3v) is 5.50. The lowest BCUT2D eigenvalue weighted by molar-refractivity contribution is 0.0932. The number of likely N-dealkylation sites (tertiary alicyclic amines) is 1. The molecule has 176 valence electrons. The van der Waals surface area contributed by atoms with Gasteiger partial charge in [0, 0.05) is 30.0 Å². The molecule has 0 saturated carbocycles. The average Bonchev–Trinajstić information content (AvgIpc) is 3.53. The van der Waals surface area contributed by atoms with Crippen LogP contribution in [0.2, 0.25) is 0 Å². The molecule has 1 aliphatic rings. The van der Waals surface area contributed by atoms with Gasteiger partial charge in [0.05, 0.1) is 6.33 Å². The summed E-state index contributed by atoms with van der Waals surface area (Å²) in [5.41, 5.74) is 1.39. The van der Waals surface area contributed by atoms with Crippen molar-refractivity contribution in [2.24, 2.45) is 0 Å². The molecule has 4 N–H and O–H groups in total. The first-order valence-electron chi connectivity index (χ1n) is 11.0. The zero-order valence-electron chi connectivity index (χ0n) is 18.4. The molecule has 1 aliphatic heterocycles. The molecule has 9 nitrogen and oxygen atoms in total. The number of imidazole rings is 1. The third kappa shape index (κ3) is 5.84. The SMILES string of the molecule is O=C(Nc1ccc(NC(=O)c2nc[nH]c2C(=O)NCCN2CCCC2)cc1)c1ccc(F)cc1. The fourth-order valence-electron chi connectivity index (χ4n) is 3.69. The van der Waals surface area contributed by atoms with Crippen molar-refractivity contribution in [3.8, 4) is 0 Å². The van der Waals surface area contributed by atoms with Gasteiger partial charge in [0.2, 0.25) is 0 Å². The number of nitrogens with one attached hydrogen (secondary N) is 4. The van der Waals surface area contributed by atoms with Crippen LogP contribution < -0.4 is 16.0 Å². The molecule has 1 saturated heterocycles. The molecule has 10 heteroatoms. The fourth-order valence-corrected chi connectivity index (χ4v) is 3.69. The summed E-state index contributed by atoms with van der Waals surface area (Å²) in [4.78, 5) is 46.4. The third-order valence-electron chi connectivity index (χ3n) is 5.50. The monoisotopic (exact) mass is 464 g/mol. The summed E-state index contributed by atoms with van der Waals surface area (Å²) in [6.07, 6.45) is 3.67. The molecule has 2 aromatic carbocycles. The van der Waals surface area contributed by atoms with Gasteiger partial charge in [-0.2, -0.15) is 0 Å². The van der Waals surface area contributed by atoms with E-state index in [0.29, 0.717) is 23.5 Å². The zero-order valence-corrected chi connectivity index (χ0v) is 18.4. The van der Waals surface area contributed by atoms with E-state index in [4.69, 9.17) is 0 Å². The van der Waals surface area contributed by atoms with Gasteiger partial charge in [-0.3, -0.25) is 14.4 Å². The van der Waals surface area contributed by atoms with Crippen LogP contribution in [0.3, 0.4) is 0 Å². The van der Waals surface area contributed by atoms with E-state index in [9.17, 15) is 18.8 Å². The average molecular weight is 465 g/mol. The van der Waals surface area contributed by atoms with Gasteiger partial charge in [0.25, 0.3) is 17.7 Å². The van der Waals surface area contributed by atoms with Gasteiger partial charge < -0.3 is 25.8 Å². The summed E-state index contributed by atoms with van der Waals surface area (Å²) in [6.45, 7) is 3.35. The molecule has 3 amide bonds. The number of benzene rings is 2. The van der Waals surface area contributed by atoms with Crippen LogP contribution in [0.1, 0.15) is 44.2 Å². The van der Waals surface area contributed by atoms with Gasteiger partial charge in [-0.15, -0.1) is 0 Å². The maximum atomic E-state index is 13.0. The minimum absolute atomic E-state index is 0.00707. The van der Waals surface area contributed by atoms with Crippen molar-refractivity contribution in [2.45, 2.75) is 12.8 Å². The van der Waals surface area contributed by atoms with Crippen molar-refractivity contribution >= 4 is 29.1 Å². The van der Waals surface area contributed by atoms with Gasteiger partial charge >= 0.3 is 0 Å². The largest absolute Gasteiger partial charge is 0.349 e. The molecule has 1 aromatic heterocycles. The number of amides is 3. The zero-order chi connectivity index (χ0) is 23.9. The summed E-state index contributed by atoms with van der Waals surface area (Å²) in [5, 5.41) is 8.22. The molecular weight excluding hydrogens is 439 g/mol. The maximum absolute atomic E-state index is 13.0. The second-order valence-corrected chi connectivity index (χ2v) is 7.92. The summed E-state index contributed by atoms with van der Waals surface area (Å²) < 4.78 is 13.0. The van der Waals surface area contributed by atoms with Crippen molar-refractivity contribution in [3.63, 3.8) is 0 Å². The van der Waals surface area contributed by atoms with E-state index in [-0.39, 0.29) is 23.2 Å². The predicted octanol–water partition coefficient (Wildman–Crippen LogP) is 2.88. The lowest BCUT2D eigenvalue weighted by atomic mass is 10.2. The number of hydrogen-bond donors (Lipinski definition) is 4. The first-order chi connectivity index (χ1) is 16.5. The first-order valence-corrected chi connectivity index (χ1v) is 11.0. The second-order valence-electron chi connectivity index (χ2n) is 7.92. The molecule has 0 aliphatic carbocycles. The Morgan fingerprint density at radius 1 is 0.882 bits per heavy atom. The van der Waals surface area contributed by atoms with Crippen molar-refractivity contribution in [3.05, 3.63) is 77.6 Å². The minimum atomic E-state index is -0.533.